The Kier molecular flexibility index (Phi) is 7.79. The molecule has 0 spiro atoms. The van der Waals surface area contributed by atoms with Gasteiger partial charge in [0.2, 0.25) is 0 Å². The van der Waals surface area contributed by atoms with Crippen molar-refractivity contribution in [1.29, 1.82) is 0 Å². The molecule has 0 amide bonds. The van der Waals surface area contributed by atoms with E-state index >= 15 is 0 Å². The van der Waals surface area contributed by atoms with Gasteiger partial charge in [0.15, 0.2) is 0 Å². The Morgan fingerprint density at radius 2 is 1.08 bits per heavy atom. The zero-order valence-electron chi connectivity index (χ0n) is 33.3. The average molecular weight is 786 g/mol. The lowest BCUT2D eigenvalue weighted by Crippen LogP contribution is -2.17. The van der Waals surface area contributed by atoms with E-state index in [4.69, 9.17) is 4.42 Å². The molecular formula is C57H39NOS. The average Bonchev–Trinajstić information content (AvgIpc) is 3.95. The van der Waals surface area contributed by atoms with E-state index in [1.807, 2.05) is 17.4 Å². The van der Waals surface area contributed by atoms with E-state index < -0.39 is 0 Å². The monoisotopic (exact) mass is 785 g/mol. The normalized spacial score (nSPS) is 13.0. The van der Waals surface area contributed by atoms with E-state index in [1.54, 1.807) is 0 Å². The summed E-state index contributed by atoms with van der Waals surface area (Å²) < 4.78 is 9.23. The first kappa shape index (κ1) is 34.8. The predicted molar refractivity (Wildman–Crippen MR) is 255 cm³/mol. The molecule has 0 atom stereocenters. The summed E-state index contributed by atoms with van der Waals surface area (Å²) in [4.78, 5) is 2.51. The van der Waals surface area contributed by atoms with E-state index in [0.29, 0.717) is 0 Å². The molecule has 1 aliphatic rings. The lowest BCUT2D eigenvalue weighted by atomic mass is 9.82. The van der Waals surface area contributed by atoms with Gasteiger partial charge in [0, 0.05) is 53.2 Å². The summed E-state index contributed by atoms with van der Waals surface area (Å²) in [5.41, 5.74) is 17.4. The van der Waals surface area contributed by atoms with Crippen molar-refractivity contribution in [3.05, 3.63) is 211 Å². The van der Waals surface area contributed by atoms with Gasteiger partial charge in [0.05, 0.1) is 11.4 Å². The minimum atomic E-state index is -0.199. The Morgan fingerprint density at radius 3 is 1.92 bits per heavy atom. The van der Waals surface area contributed by atoms with Crippen molar-refractivity contribution in [3.8, 4) is 44.5 Å². The molecule has 2 nitrogen and oxygen atoms in total. The highest BCUT2D eigenvalue weighted by Crippen LogP contribution is 2.54. The molecule has 2 heterocycles. The maximum absolute atomic E-state index is 6.70. The first-order chi connectivity index (χ1) is 29.5. The summed E-state index contributed by atoms with van der Waals surface area (Å²) in [7, 11) is 0. The molecule has 0 saturated heterocycles. The highest BCUT2D eigenvalue weighted by atomic mass is 32.1. The van der Waals surface area contributed by atoms with E-state index in [0.717, 1.165) is 50.1 Å². The largest absolute Gasteiger partial charge is 0.455 e. The van der Waals surface area contributed by atoms with E-state index in [-0.39, 0.29) is 5.41 Å². The van der Waals surface area contributed by atoms with Gasteiger partial charge in [-0.25, -0.2) is 0 Å². The van der Waals surface area contributed by atoms with E-state index in [2.05, 4.69) is 213 Å². The van der Waals surface area contributed by atoms with Gasteiger partial charge in [-0.2, -0.15) is 0 Å². The number of furan rings is 1. The van der Waals surface area contributed by atoms with E-state index in [1.165, 1.54) is 64.7 Å². The summed E-state index contributed by atoms with van der Waals surface area (Å²) in [5.74, 6) is 0. The van der Waals surface area contributed by atoms with Gasteiger partial charge in [-0.1, -0.05) is 166 Å². The van der Waals surface area contributed by atoms with Crippen LogP contribution in [0.1, 0.15) is 25.0 Å². The lowest BCUT2D eigenvalue weighted by Gasteiger charge is -2.30. The Labute approximate surface area is 353 Å². The van der Waals surface area contributed by atoms with Crippen molar-refractivity contribution in [2.45, 2.75) is 19.3 Å². The summed E-state index contributed by atoms with van der Waals surface area (Å²) in [6, 6.07) is 73.1. The molecule has 0 bridgehead atoms. The Hall–Kier alpha value is -7.20. The van der Waals surface area contributed by atoms with Gasteiger partial charge < -0.3 is 9.32 Å². The molecule has 60 heavy (non-hydrogen) atoms. The number of hydrogen-bond donors (Lipinski definition) is 0. The van der Waals surface area contributed by atoms with Crippen LogP contribution in [0.2, 0.25) is 0 Å². The third-order valence-electron chi connectivity index (χ3n) is 12.7. The molecule has 0 unspecified atom stereocenters. The maximum atomic E-state index is 6.70. The molecule has 0 aliphatic heterocycles. The number of para-hydroxylation sites is 3. The summed E-state index contributed by atoms with van der Waals surface area (Å²) in [5, 5.41) is 4.76. The molecular weight excluding hydrogens is 747 g/mol. The predicted octanol–water partition coefficient (Wildman–Crippen LogP) is 16.7. The SMILES string of the molecule is CC1(C)c2ccc(-c3ccccc3)cc2-c2ccc(N(c3ccccc3-c3cccc4c3oc3ccccc34)c3cccc4sc5cc(-c6ccccc6)ccc5c34)cc21. The minimum Gasteiger partial charge on any atom is -0.455 e. The van der Waals surface area contributed by atoms with Gasteiger partial charge in [0.1, 0.15) is 11.2 Å². The molecule has 1 aliphatic carbocycles. The van der Waals surface area contributed by atoms with Crippen molar-refractivity contribution in [2.75, 3.05) is 4.90 Å². The Bertz CT molecular complexity index is 3460. The van der Waals surface area contributed by atoms with Crippen LogP contribution in [0.15, 0.2) is 205 Å². The molecule has 0 fully saturated rings. The molecule has 0 saturated carbocycles. The number of hydrogen-bond acceptors (Lipinski definition) is 3. The number of benzene rings is 9. The highest BCUT2D eigenvalue weighted by molar-refractivity contribution is 7.26. The lowest BCUT2D eigenvalue weighted by molar-refractivity contribution is 0.660. The number of thiophene rings is 1. The second-order valence-corrected chi connectivity index (χ2v) is 17.5. The molecule has 0 N–H and O–H groups in total. The zero-order valence-corrected chi connectivity index (χ0v) is 34.1. The quantitative estimate of drug-likeness (QED) is 0.167. The first-order valence-corrected chi connectivity index (χ1v) is 21.5. The summed E-state index contributed by atoms with van der Waals surface area (Å²) in [6.07, 6.45) is 0. The fourth-order valence-electron chi connectivity index (χ4n) is 9.76. The summed E-state index contributed by atoms with van der Waals surface area (Å²) >= 11 is 1.87. The van der Waals surface area contributed by atoms with Crippen LogP contribution in [0.25, 0.3) is 86.6 Å². The smallest absolute Gasteiger partial charge is 0.143 e. The molecule has 3 heteroatoms. The topological polar surface area (TPSA) is 16.4 Å². The zero-order chi connectivity index (χ0) is 40.0. The van der Waals surface area contributed by atoms with Crippen LogP contribution in [0.5, 0.6) is 0 Å². The fourth-order valence-corrected chi connectivity index (χ4v) is 10.9. The standard InChI is InChI=1S/C57H39NOS/c1-57(2)48-32-28-38(36-15-5-3-6-16-36)33-47(48)41-31-29-40(35-49(41)57)58(50-23-11-9-19-42(50)44-21-13-22-45-43-20-10-12-25-52(43)59-56(44)45)51-24-14-26-53-55(51)46-30-27-39(34-54(46)60-53)37-17-7-4-8-18-37/h3-35H,1-2H3. The number of fused-ring (bicyclic) bond motifs is 9. The second kappa shape index (κ2) is 13.4. The van der Waals surface area contributed by atoms with Crippen molar-refractivity contribution in [3.63, 3.8) is 0 Å². The summed E-state index contributed by atoms with van der Waals surface area (Å²) in [6.45, 7) is 4.75. The molecule has 2 aromatic heterocycles. The highest BCUT2D eigenvalue weighted by Gasteiger charge is 2.36. The Morgan fingerprint density at radius 1 is 0.417 bits per heavy atom. The second-order valence-electron chi connectivity index (χ2n) is 16.4. The third kappa shape index (κ3) is 5.33. The number of anilines is 3. The van der Waals surface area contributed by atoms with Gasteiger partial charge in [-0.05, 0) is 93.0 Å². The van der Waals surface area contributed by atoms with Crippen molar-refractivity contribution in [2.24, 2.45) is 0 Å². The maximum Gasteiger partial charge on any atom is 0.143 e. The molecule has 11 aromatic rings. The molecule has 0 radical (unpaired) electrons. The van der Waals surface area contributed by atoms with Crippen molar-refractivity contribution in [1.82, 2.24) is 0 Å². The van der Waals surface area contributed by atoms with Crippen LogP contribution in [-0.2, 0) is 5.41 Å². The van der Waals surface area contributed by atoms with Crippen LogP contribution in [0, 0.1) is 0 Å². The van der Waals surface area contributed by atoms with Crippen LogP contribution in [-0.4, -0.2) is 0 Å². The fraction of sp³-hybridized carbons (Fsp3) is 0.0526. The van der Waals surface area contributed by atoms with Gasteiger partial charge in [-0.3, -0.25) is 0 Å². The van der Waals surface area contributed by atoms with Crippen molar-refractivity contribution >= 4 is 70.5 Å². The van der Waals surface area contributed by atoms with Gasteiger partial charge in [0.25, 0.3) is 0 Å². The molecule has 9 aromatic carbocycles. The van der Waals surface area contributed by atoms with Crippen molar-refractivity contribution < 1.29 is 4.42 Å². The Balaban J connectivity index is 1.10. The van der Waals surface area contributed by atoms with Crippen LogP contribution in [0.4, 0.5) is 17.1 Å². The third-order valence-corrected chi connectivity index (χ3v) is 13.8. The number of nitrogens with zero attached hydrogens (tertiary/aromatic N) is 1. The van der Waals surface area contributed by atoms with Gasteiger partial charge >= 0.3 is 0 Å². The van der Waals surface area contributed by atoms with Crippen LogP contribution >= 0.6 is 11.3 Å². The van der Waals surface area contributed by atoms with Crippen LogP contribution < -0.4 is 4.90 Å². The molecule has 284 valence electrons. The van der Waals surface area contributed by atoms with Gasteiger partial charge in [-0.15, -0.1) is 11.3 Å². The molecule has 12 rings (SSSR count). The van der Waals surface area contributed by atoms with E-state index in [9.17, 15) is 0 Å². The van der Waals surface area contributed by atoms with Crippen LogP contribution in [0.3, 0.4) is 0 Å². The minimum absolute atomic E-state index is 0.199. The number of rotatable bonds is 6. The first-order valence-electron chi connectivity index (χ1n) is 20.7.